The first-order valence-electron chi connectivity index (χ1n) is 3.47. The summed E-state index contributed by atoms with van der Waals surface area (Å²) in [5.41, 5.74) is 6.03. The van der Waals surface area contributed by atoms with Gasteiger partial charge >= 0.3 is 52.2 Å². The van der Waals surface area contributed by atoms with E-state index in [1.54, 1.807) is 0 Å². The third-order valence-electron chi connectivity index (χ3n) is 2.11. The maximum atomic E-state index is 6.03. The average molecular weight is 153 g/mol. The van der Waals surface area contributed by atoms with Gasteiger partial charge in [0.2, 0.25) is 0 Å². The summed E-state index contributed by atoms with van der Waals surface area (Å²) in [6.07, 6.45) is 3.71. The van der Waals surface area contributed by atoms with Crippen molar-refractivity contribution in [3.8, 4) is 0 Å². The first-order valence-corrected chi connectivity index (χ1v) is 6.17. The fraction of sp³-hybridized carbons (Fsp3) is 1.00. The average Bonchev–Trinajstić information content (AvgIpc) is 1.87. The molecule has 9 heavy (non-hydrogen) atoms. The molecule has 0 aromatic heterocycles. The van der Waals surface area contributed by atoms with Gasteiger partial charge in [-0.05, 0) is 0 Å². The van der Waals surface area contributed by atoms with Crippen LogP contribution in [0.2, 0.25) is 0 Å². The molecular weight excluding hydrogens is 133 g/mol. The molecule has 0 aliphatic rings. The van der Waals surface area contributed by atoms with Crippen LogP contribution < -0.4 is 5.50 Å². The second-order valence-corrected chi connectivity index (χ2v) is 7.27. The van der Waals surface area contributed by atoms with Crippen LogP contribution in [0.15, 0.2) is 0 Å². The molecule has 0 saturated carbocycles. The van der Waals surface area contributed by atoms with Crippen molar-refractivity contribution in [2.75, 3.05) is 18.5 Å². The van der Waals surface area contributed by atoms with Crippen LogP contribution >= 0.6 is 7.41 Å². The number of hydrogen-bond acceptors (Lipinski definition) is 1. The summed E-state index contributed by atoms with van der Waals surface area (Å²) in [5, 5.41) is 0. The van der Waals surface area contributed by atoms with E-state index >= 15 is 0 Å². The van der Waals surface area contributed by atoms with Gasteiger partial charge in [0.15, 0.2) is 0 Å². The van der Waals surface area contributed by atoms with Gasteiger partial charge in [-0.3, -0.25) is 0 Å². The third-order valence-corrected chi connectivity index (χ3v) is 6.34. The molecule has 0 aliphatic carbocycles. The molecular formula is C6H20NOP. The Morgan fingerprint density at radius 3 is 1.22 bits per heavy atom. The van der Waals surface area contributed by atoms with E-state index in [2.05, 4.69) is 20.8 Å². The molecule has 0 rings (SSSR count). The summed E-state index contributed by atoms with van der Waals surface area (Å²) in [6, 6.07) is 0. The van der Waals surface area contributed by atoms with Crippen LogP contribution in [0, 0.1) is 0 Å². The summed E-state index contributed by atoms with van der Waals surface area (Å²) in [5.74, 6) is 0. The van der Waals surface area contributed by atoms with Gasteiger partial charge < -0.3 is 5.48 Å². The first-order chi connectivity index (χ1) is 3.68. The Balaban J connectivity index is 0. The Kier molecular flexibility index (Phi) is 6.92. The fourth-order valence-corrected chi connectivity index (χ4v) is 2.25. The molecule has 0 unspecified atom stereocenters. The number of nitrogens with two attached hydrogens (primary N) is 1. The van der Waals surface area contributed by atoms with Gasteiger partial charge in [-0.2, -0.15) is 0 Å². The Morgan fingerprint density at radius 1 is 1.00 bits per heavy atom. The van der Waals surface area contributed by atoms with E-state index in [4.69, 9.17) is 5.50 Å². The van der Waals surface area contributed by atoms with E-state index in [9.17, 15) is 0 Å². The Morgan fingerprint density at radius 2 is 1.22 bits per heavy atom. The molecule has 0 saturated heterocycles. The monoisotopic (exact) mass is 153 g/mol. The van der Waals surface area contributed by atoms with E-state index in [1.807, 2.05) is 0 Å². The fourth-order valence-electron chi connectivity index (χ4n) is 0.750. The zero-order valence-electron chi connectivity index (χ0n) is 6.70. The molecule has 0 radical (unpaired) electrons. The molecule has 0 fully saturated rings. The van der Waals surface area contributed by atoms with Crippen LogP contribution in [0.5, 0.6) is 0 Å². The molecule has 0 aromatic rings. The van der Waals surface area contributed by atoms with Crippen LogP contribution in [0.1, 0.15) is 20.8 Å². The van der Waals surface area contributed by atoms with Crippen LogP contribution in [0.25, 0.3) is 0 Å². The minimum absolute atomic E-state index is 0. The topological polar surface area (TPSA) is 57.5 Å². The molecule has 0 atom stereocenters. The molecule has 0 spiro atoms. The second-order valence-electron chi connectivity index (χ2n) is 2.42. The van der Waals surface area contributed by atoms with Gasteiger partial charge in [-0.25, -0.2) is 0 Å². The minimum atomic E-state index is -1.17. The zero-order chi connectivity index (χ0) is 6.62. The maximum absolute atomic E-state index is 6.03. The van der Waals surface area contributed by atoms with E-state index in [0.29, 0.717) is 0 Å². The Hall–Kier alpha value is 0.350. The molecule has 3 heteroatoms. The van der Waals surface area contributed by atoms with Crippen LogP contribution in [-0.2, 0) is 0 Å². The summed E-state index contributed by atoms with van der Waals surface area (Å²) >= 11 is 0. The van der Waals surface area contributed by atoms with Gasteiger partial charge in [-0.15, -0.1) is 0 Å². The first kappa shape index (κ1) is 12.1. The summed E-state index contributed by atoms with van der Waals surface area (Å²) < 4.78 is 0. The Labute approximate surface area is 58.5 Å². The number of rotatable bonds is 3. The van der Waals surface area contributed by atoms with Crippen LogP contribution in [0.3, 0.4) is 0 Å². The van der Waals surface area contributed by atoms with Gasteiger partial charge in [0.25, 0.3) is 0 Å². The van der Waals surface area contributed by atoms with Crippen molar-refractivity contribution in [1.29, 1.82) is 0 Å². The molecule has 0 heterocycles. The standard InChI is InChI=1S/C6H18NP.H2O/c1-4-8(7,5-2)6-3;/h8H,4-7H2,1-3H3;1H2. The van der Waals surface area contributed by atoms with Gasteiger partial charge in [-0.1, -0.05) is 0 Å². The molecule has 0 aliphatic heterocycles. The molecule has 60 valence electrons. The molecule has 0 aromatic carbocycles. The molecule has 0 bridgehead atoms. The van der Waals surface area contributed by atoms with Crippen LogP contribution in [0.4, 0.5) is 0 Å². The summed E-state index contributed by atoms with van der Waals surface area (Å²) in [4.78, 5) is 0. The molecule has 2 nitrogen and oxygen atoms in total. The van der Waals surface area contributed by atoms with Gasteiger partial charge in [0.1, 0.15) is 0 Å². The van der Waals surface area contributed by atoms with Crippen molar-refractivity contribution in [3.63, 3.8) is 0 Å². The molecule has 0 amide bonds. The Bertz CT molecular complexity index is 55.8. The van der Waals surface area contributed by atoms with Crippen molar-refractivity contribution < 1.29 is 5.48 Å². The SMILES string of the molecule is CC[PH](N)(CC)CC.O. The normalized spacial score (nSPS) is 12.4. The van der Waals surface area contributed by atoms with Crippen molar-refractivity contribution in [1.82, 2.24) is 0 Å². The maximum Gasteiger partial charge on any atom is -0.412 e. The van der Waals surface area contributed by atoms with Gasteiger partial charge in [0, 0.05) is 0 Å². The van der Waals surface area contributed by atoms with Crippen molar-refractivity contribution in [2.24, 2.45) is 5.50 Å². The molecule has 4 N–H and O–H groups in total. The summed E-state index contributed by atoms with van der Waals surface area (Å²) in [7, 11) is -1.17. The van der Waals surface area contributed by atoms with E-state index < -0.39 is 7.41 Å². The third kappa shape index (κ3) is 3.85. The predicted octanol–water partition coefficient (Wildman–Crippen LogP) is 0.845. The van der Waals surface area contributed by atoms with E-state index in [1.165, 1.54) is 18.5 Å². The zero-order valence-corrected chi connectivity index (χ0v) is 7.70. The number of hydrogen-bond donors (Lipinski definition) is 1. The summed E-state index contributed by atoms with van der Waals surface area (Å²) in [6.45, 7) is 6.62. The van der Waals surface area contributed by atoms with E-state index in [-0.39, 0.29) is 5.48 Å². The minimum Gasteiger partial charge on any atom is -0.412 e. The van der Waals surface area contributed by atoms with Crippen molar-refractivity contribution in [2.45, 2.75) is 20.8 Å². The predicted molar refractivity (Wildman–Crippen MR) is 47.7 cm³/mol. The van der Waals surface area contributed by atoms with Gasteiger partial charge in [0.05, 0.1) is 0 Å². The van der Waals surface area contributed by atoms with Crippen molar-refractivity contribution >= 4 is 7.41 Å². The van der Waals surface area contributed by atoms with Crippen LogP contribution in [-0.4, -0.2) is 24.0 Å². The smallest absolute Gasteiger partial charge is 0.412 e. The van der Waals surface area contributed by atoms with E-state index in [0.717, 1.165) is 0 Å². The van der Waals surface area contributed by atoms with Crippen molar-refractivity contribution in [3.05, 3.63) is 0 Å². The quantitative estimate of drug-likeness (QED) is 0.600. The largest absolute Gasteiger partial charge is 0.412 e. The second kappa shape index (κ2) is 5.16.